The van der Waals surface area contributed by atoms with Crippen molar-refractivity contribution in [3.63, 3.8) is 0 Å². The maximum atomic E-state index is 12.0. The van der Waals surface area contributed by atoms with Gasteiger partial charge < -0.3 is 5.32 Å². The van der Waals surface area contributed by atoms with E-state index in [-0.39, 0.29) is 5.91 Å². The molecule has 0 bridgehead atoms. The first kappa shape index (κ1) is 13.6. The number of hydrogen-bond acceptors (Lipinski definition) is 2. The van der Waals surface area contributed by atoms with Gasteiger partial charge in [0.1, 0.15) is 0 Å². The lowest BCUT2D eigenvalue weighted by atomic mass is 10.1. The number of alkyl halides is 1. The van der Waals surface area contributed by atoms with Crippen molar-refractivity contribution < 1.29 is 4.79 Å². The third-order valence-electron chi connectivity index (χ3n) is 2.94. The zero-order valence-corrected chi connectivity index (χ0v) is 11.7. The Kier molecular flexibility index (Phi) is 4.22. The largest absolute Gasteiger partial charge is 0.321 e. The van der Waals surface area contributed by atoms with Crippen molar-refractivity contribution in [2.75, 3.05) is 11.2 Å². The fraction of sp³-hybridized carbons (Fsp3) is 0.286. The Morgan fingerprint density at radius 3 is 2.58 bits per heavy atom. The number of halogens is 1. The van der Waals surface area contributed by atoms with Gasteiger partial charge in [0.25, 0.3) is 5.91 Å². The van der Waals surface area contributed by atoms with Crippen LogP contribution in [0, 0.1) is 6.92 Å². The molecule has 1 amide bonds. The normalized spacial score (nSPS) is 10.5. The third-order valence-corrected chi connectivity index (χ3v) is 3.13. The lowest BCUT2D eigenvalue weighted by Gasteiger charge is -2.04. The molecule has 1 heterocycles. The van der Waals surface area contributed by atoms with Crippen LogP contribution >= 0.6 is 11.6 Å². The van der Waals surface area contributed by atoms with E-state index in [4.69, 9.17) is 11.6 Å². The van der Waals surface area contributed by atoms with Crippen LogP contribution < -0.4 is 5.32 Å². The summed E-state index contributed by atoms with van der Waals surface area (Å²) in [5, 5.41) is 6.96. The third kappa shape index (κ3) is 3.35. The van der Waals surface area contributed by atoms with Crippen molar-refractivity contribution in [3.8, 4) is 0 Å². The minimum atomic E-state index is -0.200. The number of rotatable bonds is 4. The van der Waals surface area contributed by atoms with Gasteiger partial charge in [-0.25, -0.2) is 0 Å². The Morgan fingerprint density at radius 2 is 2.05 bits per heavy atom. The van der Waals surface area contributed by atoms with Crippen LogP contribution in [0.3, 0.4) is 0 Å². The van der Waals surface area contributed by atoms with Crippen LogP contribution in [0.15, 0.2) is 30.3 Å². The first-order chi connectivity index (χ1) is 9.10. The molecule has 0 fully saturated rings. The lowest BCUT2D eigenvalue weighted by Crippen LogP contribution is -2.13. The second-order valence-corrected chi connectivity index (χ2v) is 4.76. The topological polar surface area (TPSA) is 46.9 Å². The van der Waals surface area contributed by atoms with Crippen molar-refractivity contribution in [1.82, 2.24) is 9.78 Å². The molecule has 0 saturated carbocycles. The molecule has 1 aromatic carbocycles. The van der Waals surface area contributed by atoms with Gasteiger partial charge in [-0.2, -0.15) is 5.10 Å². The first-order valence-corrected chi connectivity index (χ1v) is 6.60. The van der Waals surface area contributed by atoms with E-state index in [1.807, 2.05) is 38.2 Å². The SMILES string of the molecule is Cc1cc(C(=O)Nc2ccc(CCCl)cc2)nn1C. The Hall–Kier alpha value is -1.81. The predicted octanol–water partition coefficient (Wildman–Crippen LogP) is 2.76. The number of benzene rings is 1. The van der Waals surface area contributed by atoms with Gasteiger partial charge in [-0.05, 0) is 37.1 Å². The zero-order valence-electron chi connectivity index (χ0n) is 11.0. The van der Waals surface area contributed by atoms with E-state index in [1.165, 1.54) is 0 Å². The van der Waals surface area contributed by atoms with E-state index < -0.39 is 0 Å². The van der Waals surface area contributed by atoms with Crippen molar-refractivity contribution >= 4 is 23.2 Å². The fourth-order valence-electron chi connectivity index (χ4n) is 1.73. The van der Waals surface area contributed by atoms with Crippen LogP contribution in [0.25, 0.3) is 0 Å². The van der Waals surface area contributed by atoms with E-state index in [1.54, 1.807) is 10.7 Å². The zero-order chi connectivity index (χ0) is 13.8. The van der Waals surface area contributed by atoms with E-state index in [0.717, 1.165) is 23.4 Å². The molecular weight excluding hydrogens is 262 g/mol. The summed E-state index contributed by atoms with van der Waals surface area (Å²) in [6, 6.07) is 9.42. The van der Waals surface area contributed by atoms with E-state index in [9.17, 15) is 4.79 Å². The summed E-state index contributed by atoms with van der Waals surface area (Å²) in [5.74, 6) is 0.396. The second-order valence-electron chi connectivity index (χ2n) is 4.38. The standard InChI is InChI=1S/C14H16ClN3O/c1-10-9-13(17-18(10)2)14(19)16-12-5-3-11(4-6-12)7-8-15/h3-6,9H,7-8H2,1-2H3,(H,16,19). The Morgan fingerprint density at radius 1 is 1.37 bits per heavy atom. The highest BCUT2D eigenvalue weighted by molar-refractivity contribution is 6.18. The molecule has 0 aliphatic carbocycles. The van der Waals surface area contributed by atoms with E-state index in [2.05, 4.69) is 10.4 Å². The van der Waals surface area contributed by atoms with Crippen LogP contribution in [0.4, 0.5) is 5.69 Å². The molecule has 0 atom stereocenters. The molecule has 2 aromatic rings. The van der Waals surface area contributed by atoms with Crippen molar-refractivity contribution in [1.29, 1.82) is 0 Å². The van der Waals surface area contributed by atoms with Crippen LogP contribution in [-0.2, 0) is 13.5 Å². The number of hydrogen-bond donors (Lipinski definition) is 1. The van der Waals surface area contributed by atoms with Gasteiger partial charge in [0.15, 0.2) is 5.69 Å². The molecule has 100 valence electrons. The van der Waals surface area contributed by atoms with Crippen molar-refractivity contribution in [3.05, 3.63) is 47.3 Å². The fourth-order valence-corrected chi connectivity index (χ4v) is 1.95. The summed E-state index contributed by atoms with van der Waals surface area (Å²) in [5.41, 5.74) is 3.28. The highest BCUT2D eigenvalue weighted by Gasteiger charge is 2.10. The molecule has 5 heteroatoms. The Labute approximate surface area is 117 Å². The Balaban J connectivity index is 2.06. The van der Waals surface area contributed by atoms with Gasteiger partial charge in [0.05, 0.1) is 0 Å². The van der Waals surface area contributed by atoms with Crippen molar-refractivity contribution in [2.24, 2.45) is 7.05 Å². The minimum Gasteiger partial charge on any atom is -0.321 e. The van der Waals surface area contributed by atoms with Gasteiger partial charge in [0, 0.05) is 24.3 Å². The van der Waals surface area contributed by atoms with Gasteiger partial charge in [-0.1, -0.05) is 12.1 Å². The number of nitrogens with one attached hydrogen (secondary N) is 1. The van der Waals surface area contributed by atoms with Gasteiger partial charge in [-0.3, -0.25) is 9.48 Å². The molecule has 0 aliphatic rings. The van der Waals surface area contributed by atoms with Gasteiger partial charge >= 0.3 is 0 Å². The molecule has 1 aromatic heterocycles. The molecule has 0 saturated heterocycles. The summed E-state index contributed by atoms with van der Waals surface area (Å²) in [7, 11) is 1.81. The van der Waals surface area contributed by atoms with Gasteiger partial charge in [-0.15, -0.1) is 11.6 Å². The Bertz CT molecular complexity index is 555. The molecule has 0 unspecified atom stereocenters. The van der Waals surface area contributed by atoms with E-state index >= 15 is 0 Å². The summed E-state index contributed by atoms with van der Waals surface area (Å²) >= 11 is 5.68. The smallest absolute Gasteiger partial charge is 0.276 e. The number of carbonyl (C=O) groups excluding carboxylic acids is 1. The van der Waals surface area contributed by atoms with E-state index in [0.29, 0.717) is 11.6 Å². The van der Waals surface area contributed by atoms with Gasteiger partial charge in [0.2, 0.25) is 0 Å². The van der Waals surface area contributed by atoms with Crippen LogP contribution in [0.5, 0.6) is 0 Å². The molecule has 0 aliphatic heterocycles. The number of carbonyl (C=O) groups is 1. The second kappa shape index (κ2) is 5.89. The monoisotopic (exact) mass is 277 g/mol. The maximum absolute atomic E-state index is 12.0. The molecule has 2 rings (SSSR count). The maximum Gasteiger partial charge on any atom is 0.276 e. The molecule has 1 N–H and O–H groups in total. The quantitative estimate of drug-likeness (QED) is 0.874. The number of aromatic nitrogens is 2. The lowest BCUT2D eigenvalue weighted by molar-refractivity contribution is 0.102. The van der Waals surface area contributed by atoms with Crippen LogP contribution in [0.2, 0.25) is 0 Å². The number of anilines is 1. The molecule has 0 spiro atoms. The predicted molar refractivity (Wildman–Crippen MR) is 76.8 cm³/mol. The average Bonchev–Trinajstić information content (AvgIpc) is 2.72. The summed E-state index contributed by atoms with van der Waals surface area (Å²) < 4.78 is 1.68. The molecular formula is C14H16ClN3O. The number of amides is 1. The molecule has 0 radical (unpaired) electrons. The summed E-state index contributed by atoms with van der Waals surface area (Å²) in [6.45, 7) is 1.91. The minimum absolute atomic E-state index is 0.200. The van der Waals surface area contributed by atoms with Crippen LogP contribution in [0.1, 0.15) is 21.7 Å². The molecule has 4 nitrogen and oxygen atoms in total. The van der Waals surface area contributed by atoms with Crippen LogP contribution in [-0.4, -0.2) is 21.6 Å². The highest BCUT2D eigenvalue weighted by Crippen LogP contribution is 2.12. The number of nitrogens with zero attached hydrogens (tertiary/aromatic N) is 2. The average molecular weight is 278 g/mol. The highest BCUT2D eigenvalue weighted by atomic mass is 35.5. The van der Waals surface area contributed by atoms with Crippen molar-refractivity contribution in [2.45, 2.75) is 13.3 Å². The summed E-state index contributed by atoms with van der Waals surface area (Å²) in [4.78, 5) is 12.0. The number of aryl methyl sites for hydroxylation is 3. The first-order valence-electron chi connectivity index (χ1n) is 6.07. The summed E-state index contributed by atoms with van der Waals surface area (Å²) in [6.07, 6.45) is 0.829. The molecule has 19 heavy (non-hydrogen) atoms.